The van der Waals surface area contributed by atoms with Crippen LogP contribution in [0.1, 0.15) is 11.1 Å². The average Bonchev–Trinajstić information content (AvgIpc) is 3.04. The lowest BCUT2D eigenvalue weighted by molar-refractivity contribution is 0.310. The summed E-state index contributed by atoms with van der Waals surface area (Å²) in [6.45, 7) is -0.259. The van der Waals surface area contributed by atoms with Gasteiger partial charge < -0.3 is 36.1 Å². The maximum Gasteiger partial charge on any atom is 0.321 e. The number of hydrogen-bond donors (Lipinski definition) is 7. The lowest BCUT2D eigenvalue weighted by Crippen LogP contribution is -2.11. The summed E-state index contributed by atoms with van der Waals surface area (Å²) in [6.07, 6.45) is 2.30. The summed E-state index contributed by atoms with van der Waals surface area (Å²) in [6, 6.07) is 5.89. The zero-order valence-corrected chi connectivity index (χ0v) is 26.3. The molecule has 47 heavy (non-hydrogen) atoms. The number of methoxy groups -OCH3 is 2. The summed E-state index contributed by atoms with van der Waals surface area (Å²) < 4.78 is 80.0. The predicted octanol–water partition coefficient (Wildman–Crippen LogP) is 0.462. The van der Waals surface area contributed by atoms with E-state index in [1.165, 1.54) is 32.4 Å². The predicted molar refractivity (Wildman–Crippen MR) is 168 cm³/mol. The van der Waals surface area contributed by atoms with Crippen LogP contribution in [0, 0.1) is 0 Å². The van der Waals surface area contributed by atoms with E-state index in [4.69, 9.17) is 25.4 Å². The molecule has 21 heteroatoms. The number of nitrogens with two attached hydrogens (primary N) is 1. The van der Waals surface area contributed by atoms with Gasteiger partial charge in [-0.3, -0.25) is 9.11 Å². The Balaban J connectivity index is 1.81. The molecule has 0 aliphatic carbocycles. The molecule has 0 fully saturated rings. The van der Waals surface area contributed by atoms with Gasteiger partial charge in [-0.05, 0) is 23.8 Å². The quantitative estimate of drug-likeness (QED) is 0.0536. The number of aliphatic hydroxyl groups excluding tert-OH is 2. The normalized spacial score (nSPS) is 11.9. The highest BCUT2D eigenvalue weighted by molar-refractivity contribution is 7.86. The molecule has 0 amide bonds. The van der Waals surface area contributed by atoms with Crippen LogP contribution >= 0.6 is 0 Å². The number of aromatic nitrogens is 6. The van der Waals surface area contributed by atoms with E-state index in [2.05, 4.69) is 40.5 Å². The molecule has 4 aromatic rings. The summed E-state index contributed by atoms with van der Waals surface area (Å²) >= 11 is 0. The second-order valence-corrected chi connectivity index (χ2v) is 12.0. The largest absolute Gasteiger partial charge is 0.467 e. The van der Waals surface area contributed by atoms with E-state index in [0.717, 1.165) is 24.3 Å². The molecule has 250 valence electrons. The molecule has 0 atom stereocenters. The number of anilines is 3. The van der Waals surface area contributed by atoms with Crippen LogP contribution in [0.25, 0.3) is 34.9 Å². The van der Waals surface area contributed by atoms with Crippen molar-refractivity contribution < 1.29 is 45.6 Å². The Morgan fingerprint density at radius 2 is 1.23 bits per heavy atom. The number of hydrogen-bond acceptors (Lipinski definition) is 17. The van der Waals surface area contributed by atoms with Gasteiger partial charge in [0.25, 0.3) is 20.2 Å². The molecule has 0 aliphatic heterocycles. The molecule has 2 heterocycles. The maximum absolute atomic E-state index is 12.5. The lowest BCUT2D eigenvalue weighted by Gasteiger charge is -2.12. The van der Waals surface area contributed by atoms with Gasteiger partial charge in [-0.1, -0.05) is 24.3 Å². The van der Waals surface area contributed by atoms with E-state index in [1.54, 1.807) is 0 Å². The van der Waals surface area contributed by atoms with Crippen molar-refractivity contribution in [1.82, 2.24) is 29.9 Å². The van der Waals surface area contributed by atoms with Gasteiger partial charge in [0.15, 0.2) is 11.6 Å². The van der Waals surface area contributed by atoms with Crippen molar-refractivity contribution in [3.63, 3.8) is 0 Å². The Hall–Kier alpha value is -5.06. The van der Waals surface area contributed by atoms with Gasteiger partial charge in [-0.25, -0.2) is 0 Å². The lowest BCUT2D eigenvalue weighted by atomic mass is 10.1. The topological polar surface area (TPSA) is 295 Å². The van der Waals surface area contributed by atoms with Crippen LogP contribution < -0.4 is 25.8 Å². The fourth-order valence-electron chi connectivity index (χ4n) is 4.02. The Morgan fingerprint density at radius 1 is 0.723 bits per heavy atom. The molecule has 2 aromatic carbocycles. The highest BCUT2D eigenvalue weighted by atomic mass is 32.2. The number of ether oxygens (including phenoxy) is 2. The minimum Gasteiger partial charge on any atom is -0.467 e. The summed E-state index contributed by atoms with van der Waals surface area (Å²) in [5.41, 5.74) is 5.89. The summed E-state index contributed by atoms with van der Waals surface area (Å²) in [4.78, 5) is 23.3. The van der Waals surface area contributed by atoms with Crippen molar-refractivity contribution in [3.05, 3.63) is 41.5 Å². The molecule has 0 unspecified atom stereocenters. The fraction of sp³-hybridized carbons (Fsp3) is 0.231. The first kappa shape index (κ1) is 34.8. The Kier molecular flexibility index (Phi) is 10.8. The number of nitrogen functional groups attached to an aromatic ring is 1. The van der Waals surface area contributed by atoms with Crippen molar-refractivity contribution in [1.29, 1.82) is 0 Å². The van der Waals surface area contributed by atoms with Crippen LogP contribution in [-0.2, 0) is 20.2 Å². The van der Waals surface area contributed by atoms with Crippen LogP contribution in [0.5, 0.6) is 12.0 Å². The third-order valence-electron chi connectivity index (χ3n) is 6.07. The van der Waals surface area contributed by atoms with Crippen molar-refractivity contribution in [2.24, 2.45) is 0 Å². The van der Waals surface area contributed by atoms with E-state index in [1.807, 2.05) is 0 Å². The highest BCUT2D eigenvalue weighted by Gasteiger charge is 2.22. The molecule has 0 spiro atoms. The maximum atomic E-state index is 12.5. The number of nitrogens with zero attached hydrogens (tertiary/aromatic N) is 6. The first-order chi connectivity index (χ1) is 22.3. The Bertz CT molecular complexity index is 2030. The summed E-state index contributed by atoms with van der Waals surface area (Å²) in [5, 5.41) is 23.7. The van der Waals surface area contributed by atoms with Crippen LogP contribution in [0.4, 0.5) is 17.6 Å². The third kappa shape index (κ3) is 8.60. The van der Waals surface area contributed by atoms with Crippen molar-refractivity contribution in [2.45, 2.75) is 9.79 Å². The molecule has 8 N–H and O–H groups in total. The molecule has 19 nitrogen and oxygen atoms in total. The molecule has 0 radical (unpaired) electrons. The van der Waals surface area contributed by atoms with Gasteiger partial charge in [-0.2, -0.15) is 46.7 Å². The zero-order chi connectivity index (χ0) is 34.4. The van der Waals surface area contributed by atoms with Crippen LogP contribution in [0.2, 0.25) is 0 Å². The first-order valence-corrected chi connectivity index (χ1v) is 16.2. The number of rotatable bonds is 14. The van der Waals surface area contributed by atoms with Gasteiger partial charge >= 0.3 is 12.0 Å². The van der Waals surface area contributed by atoms with E-state index in [0.29, 0.717) is 0 Å². The number of nitrogens with one attached hydrogen (secondary N) is 2. The third-order valence-corrected chi connectivity index (χ3v) is 7.88. The Morgan fingerprint density at radius 3 is 1.72 bits per heavy atom. The summed E-state index contributed by atoms with van der Waals surface area (Å²) in [5.74, 6) is -0.0799. The second-order valence-electron chi connectivity index (χ2n) is 9.25. The minimum atomic E-state index is -4.94. The molecular formula is C26H29N9O10S2. The van der Waals surface area contributed by atoms with E-state index >= 15 is 0 Å². The molecule has 0 bridgehead atoms. The van der Waals surface area contributed by atoms with Gasteiger partial charge in [0.1, 0.15) is 9.79 Å². The monoisotopic (exact) mass is 691 g/mol. The van der Waals surface area contributed by atoms with Crippen molar-refractivity contribution >= 4 is 50.0 Å². The fourth-order valence-corrected chi connectivity index (χ4v) is 5.47. The van der Waals surface area contributed by atoms with Crippen LogP contribution in [0.3, 0.4) is 0 Å². The van der Waals surface area contributed by atoms with Crippen LogP contribution in [0.15, 0.2) is 40.1 Å². The van der Waals surface area contributed by atoms with Gasteiger partial charge in [0, 0.05) is 35.5 Å². The standard InChI is InChI=1S/C26H29N9O10S2/c1-44-25-32-21(30-23(34-25)28-7-9-36)15-4-3-14(19(12-15)46(38,39)40)5-6-17-18(27)11-16(13-20(17)47(41,42)43)22-31-24(29-8-10-37)35-26(33-22)45-2/h3-6,11-13,36-37H,7-10,27H2,1-2H3,(H,38,39,40)(H,41,42,43)(H,28,30,32,34)(H,29,31,33,35). The summed E-state index contributed by atoms with van der Waals surface area (Å²) in [7, 11) is -7.21. The van der Waals surface area contributed by atoms with Gasteiger partial charge in [0.2, 0.25) is 11.9 Å². The van der Waals surface area contributed by atoms with Gasteiger partial charge in [-0.15, -0.1) is 0 Å². The second kappa shape index (κ2) is 14.6. The van der Waals surface area contributed by atoms with E-state index in [9.17, 15) is 25.9 Å². The first-order valence-electron chi connectivity index (χ1n) is 13.3. The highest BCUT2D eigenvalue weighted by Crippen LogP contribution is 2.32. The van der Waals surface area contributed by atoms with E-state index in [-0.39, 0.29) is 89.8 Å². The van der Waals surface area contributed by atoms with Gasteiger partial charge in [0.05, 0.1) is 27.4 Å². The van der Waals surface area contributed by atoms with E-state index < -0.39 is 30.0 Å². The molecule has 0 saturated heterocycles. The molecule has 2 aromatic heterocycles. The SMILES string of the molecule is COc1nc(NCCO)nc(-c2ccc(C=Cc3c(N)cc(-c4nc(NCCO)nc(OC)n4)cc3S(=O)(=O)O)c(S(=O)(=O)O)c2)n1. The molecular weight excluding hydrogens is 662 g/mol. The smallest absolute Gasteiger partial charge is 0.321 e. The molecule has 4 rings (SSSR count). The zero-order valence-electron chi connectivity index (χ0n) is 24.7. The Labute approximate surface area is 268 Å². The van der Waals surface area contributed by atoms with Crippen molar-refractivity contribution in [3.8, 4) is 34.8 Å². The van der Waals surface area contributed by atoms with Crippen LogP contribution in [-0.4, -0.2) is 107 Å². The molecule has 0 saturated carbocycles. The number of benzene rings is 2. The number of aliphatic hydroxyl groups is 2. The molecule has 0 aliphatic rings. The van der Waals surface area contributed by atoms with Crippen molar-refractivity contribution in [2.75, 3.05) is 56.9 Å². The average molecular weight is 692 g/mol. The minimum absolute atomic E-state index is 0.00583.